The number of nitrogens with zero attached hydrogens (tertiary/aromatic N) is 3. The molecule has 0 spiro atoms. The molecule has 0 unspecified atom stereocenters. The van der Waals surface area contributed by atoms with Crippen molar-refractivity contribution >= 4 is 5.91 Å². The van der Waals surface area contributed by atoms with Crippen molar-refractivity contribution in [3.05, 3.63) is 18.0 Å². The molecule has 1 aliphatic heterocycles. The molecule has 1 saturated heterocycles. The number of amides is 1. The highest BCUT2D eigenvalue weighted by Gasteiger charge is 2.37. The van der Waals surface area contributed by atoms with Crippen molar-refractivity contribution in [2.75, 3.05) is 20.3 Å². The number of nitrogens with two attached hydrogens (primary N) is 1. The van der Waals surface area contributed by atoms with Gasteiger partial charge in [-0.3, -0.25) is 9.48 Å². The van der Waals surface area contributed by atoms with Crippen LogP contribution in [0.25, 0.3) is 0 Å². The molecule has 0 atom stereocenters. The Hall–Kier alpha value is -1.40. The van der Waals surface area contributed by atoms with Gasteiger partial charge in [0.05, 0.1) is 11.7 Å². The maximum Gasteiger partial charge on any atom is 0.242 e. The fourth-order valence-electron chi connectivity index (χ4n) is 2.23. The first-order valence-electron chi connectivity index (χ1n) is 6.11. The van der Waals surface area contributed by atoms with Gasteiger partial charge in [-0.1, -0.05) is 0 Å². The molecule has 0 radical (unpaired) electrons. The molecule has 0 aliphatic carbocycles. The van der Waals surface area contributed by atoms with Gasteiger partial charge < -0.3 is 15.4 Å². The van der Waals surface area contributed by atoms with Crippen molar-refractivity contribution < 1.29 is 9.53 Å². The average molecular weight is 252 g/mol. The summed E-state index contributed by atoms with van der Waals surface area (Å²) in [5.41, 5.74) is 6.41. The Balaban J connectivity index is 1.99. The van der Waals surface area contributed by atoms with Crippen molar-refractivity contribution in [1.82, 2.24) is 14.7 Å². The van der Waals surface area contributed by atoms with Gasteiger partial charge in [-0.05, 0) is 12.8 Å². The first-order valence-corrected chi connectivity index (χ1v) is 6.11. The highest BCUT2D eigenvalue weighted by atomic mass is 16.5. The summed E-state index contributed by atoms with van der Waals surface area (Å²) >= 11 is 0. The summed E-state index contributed by atoms with van der Waals surface area (Å²) < 4.78 is 6.97. The first-order chi connectivity index (χ1) is 8.51. The molecule has 6 heteroatoms. The van der Waals surface area contributed by atoms with Crippen LogP contribution in [-0.2, 0) is 23.1 Å². The molecule has 2 N–H and O–H groups in total. The summed E-state index contributed by atoms with van der Waals surface area (Å²) in [6.07, 6.45) is 4.83. The number of rotatable bonds is 3. The largest absolute Gasteiger partial charge is 0.381 e. The van der Waals surface area contributed by atoms with E-state index in [1.165, 1.54) is 0 Å². The zero-order chi connectivity index (χ0) is 13.2. The van der Waals surface area contributed by atoms with E-state index in [2.05, 4.69) is 5.10 Å². The van der Waals surface area contributed by atoms with Crippen molar-refractivity contribution in [3.63, 3.8) is 0 Å². The topological polar surface area (TPSA) is 73.4 Å². The van der Waals surface area contributed by atoms with Crippen LogP contribution in [0.1, 0.15) is 18.4 Å². The normalized spacial score (nSPS) is 18.6. The van der Waals surface area contributed by atoms with E-state index in [9.17, 15) is 4.79 Å². The van der Waals surface area contributed by atoms with Gasteiger partial charge in [-0.15, -0.1) is 0 Å². The summed E-state index contributed by atoms with van der Waals surface area (Å²) in [6, 6.07) is 0. The third kappa shape index (κ3) is 2.70. The fourth-order valence-corrected chi connectivity index (χ4v) is 2.23. The summed E-state index contributed by atoms with van der Waals surface area (Å²) in [5, 5.41) is 4.09. The number of carbonyl (C=O) groups excluding carboxylic acids is 1. The van der Waals surface area contributed by atoms with Gasteiger partial charge in [0.15, 0.2) is 0 Å². The molecule has 1 aromatic rings. The van der Waals surface area contributed by atoms with E-state index in [-0.39, 0.29) is 5.91 Å². The molecule has 1 aromatic heterocycles. The summed E-state index contributed by atoms with van der Waals surface area (Å²) in [4.78, 5) is 14.0. The second-order valence-electron chi connectivity index (χ2n) is 4.95. The lowest BCUT2D eigenvalue weighted by atomic mass is 9.90. The Morgan fingerprint density at radius 2 is 2.28 bits per heavy atom. The minimum Gasteiger partial charge on any atom is -0.381 e. The minimum absolute atomic E-state index is 0.0188. The van der Waals surface area contributed by atoms with Gasteiger partial charge in [-0.2, -0.15) is 5.10 Å². The van der Waals surface area contributed by atoms with Crippen molar-refractivity contribution in [1.29, 1.82) is 0 Å². The van der Waals surface area contributed by atoms with Crippen molar-refractivity contribution in [2.45, 2.75) is 24.9 Å². The predicted molar refractivity (Wildman–Crippen MR) is 66.7 cm³/mol. The van der Waals surface area contributed by atoms with Crippen LogP contribution >= 0.6 is 0 Å². The molecular formula is C12H20N4O2. The Bertz CT molecular complexity index is 423. The second kappa shape index (κ2) is 5.07. The SMILES string of the molecule is CN(Cc1cnn(C)c1)C(=O)C1(N)CCOCC1. The van der Waals surface area contributed by atoms with Gasteiger partial charge in [0, 0.05) is 45.6 Å². The number of likely N-dealkylation sites (N-methyl/N-ethyl adjacent to an activating group) is 1. The third-order valence-corrected chi connectivity index (χ3v) is 3.34. The van der Waals surface area contributed by atoms with Crippen LogP contribution < -0.4 is 5.73 Å². The summed E-state index contributed by atoms with van der Waals surface area (Å²) in [7, 11) is 3.63. The Morgan fingerprint density at radius 3 is 2.83 bits per heavy atom. The lowest BCUT2D eigenvalue weighted by Gasteiger charge is -2.35. The zero-order valence-corrected chi connectivity index (χ0v) is 10.9. The number of aryl methyl sites for hydroxylation is 1. The highest BCUT2D eigenvalue weighted by molar-refractivity contribution is 5.86. The van der Waals surface area contributed by atoms with Gasteiger partial charge in [0.25, 0.3) is 0 Å². The third-order valence-electron chi connectivity index (χ3n) is 3.34. The second-order valence-corrected chi connectivity index (χ2v) is 4.95. The Morgan fingerprint density at radius 1 is 1.61 bits per heavy atom. The molecule has 2 heterocycles. The van der Waals surface area contributed by atoms with E-state index in [0.29, 0.717) is 32.6 Å². The number of ether oxygens (including phenoxy) is 1. The maximum atomic E-state index is 12.3. The van der Waals surface area contributed by atoms with E-state index in [1.807, 2.05) is 13.2 Å². The lowest BCUT2D eigenvalue weighted by molar-refractivity contribution is -0.139. The fraction of sp³-hybridized carbons (Fsp3) is 0.667. The molecule has 100 valence electrons. The smallest absolute Gasteiger partial charge is 0.242 e. The molecule has 2 rings (SSSR count). The highest BCUT2D eigenvalue weighted by Crippen LogP contribution is 2.20. The standard InChI is InChI=1S/C12H20N4O2/c1-15(8-10-7-14-16(2)9-10)11(17)12(13)3-5-18-6-4-12/h7,9H,3-6,8,13H2,1-2H3. The Labute approximate surface area is 107 Å². The van der Waals surface area contributed by atoms with E-state index >= 15 is 0 Å². The number of hydrogen-bond donors (Lipinski definition) is 1. The zero-order valence-electron chi connectivity index (χ0n) is 10.9. The molecule has 18 heavy (non-hydrogen) atoms. The van der Waals surface area contributed by atoms with E-state index in [4.69, 9.17) is 10.5 Å². The molecule has 0 saturated carbocycles. The van der Waals surface area contributed by atoms with E-state index in [1.54, 1.807) is 22.8 Å². The predicted octanol–water partition coefficient (Wildman–Crippen LogP) is -0.114. The van der Waals surface area contributed by atoms with Crippen LogP contribution in [0.4, 0.5) is 0 Å². The molecule has 1 amide bonds. The average Bonchev–Trinajstić information content (AvgIpc) is 2.74. The van der Waals surface area contributed by atoms with Gasteiger partial charge >= 0.3 is 0 Å². The van der Waals surface area contributed by atoms with E-state index in [0.717, 1.165) is 5.56 Å². The number of hydrogen-bond acceptors (Lipinski definition) is 4. The summed E-state index contributed by atoms with van der Waals surface area (Å²) in [6.45, 7) is 1.65. The van der Waals surface area contributed by atoms with Crippen LogP contribution in [0, 0.1) is 0 Å². The quantitative estimate of drug-likeness (QED) is 0.814. The Kier molecular flexibility index (Phi) is 3.68. The van der Waals surface area contributed by atoms with Crippen LogP contribution in [-0.4, -0.2) is 46.4 Å². The summed E-state index contributed by atoms with van der Waals surface area (Å²) in [5.74, 6) is -0.0188. The van der Waals surface area contributed by atoms with Gasteiger partial charge in [0.2, 0.25) is 5.91 Å². The molecule has 1 fully saturated rings. The maximum absolute atomic E-state index is 12.3. The molecular weight excluding hydrogens is 232 g/mol. The lowest BCUT2D eigenvalue weighted by Crippen LogP contribution is -2.57. The van der Waals surface area contributed by atoms with Gasteiger partial charge in [-0.25, -0.2) is 0 Å². The molecule has 0 bridgehead atoms. The number of carbonyl (C=O) groups is 1. The van der Waals surface area contributed by atoms with Crippen LogP contribution in [0.15, 0.2) is 12.4 Å². The minimum atomic E-state index is -0.769. The molecule has 6 nitrogen and oxygen atoms in total. The molecule has 0 aromatic carbocycles. The van der Waals surface area contributed by atoms with E-state index < -0.39 is 5.54 Å². The van der Waals surface area contributed by atoms with Crippen molar-refractivity contribution in [2.24, 2.45) is 12.8 Å². The monoisotopic (exact) mass is 252 g/mol. The first kappa shape index (κ1) is 13.0. The van der Waals surface area contributed by atoms with Gasteiger partial charge in [0.1, 0.15) is 0 Å². The van der Waals surface area contributed by atoms with Crippen molar-refractivity contribution in [3.8, 4) is 0 Å². The van der Waals surface area contributed by atoms with Crippen LogP contribution in [0.2, 0.25) is 0 Å². The number of aromatic nitrogens is 2. The van der Waals surface area contributed by atoms with Crippen LogP contribution in [0.5, 0.6) is 0 Å². The molecule has 1 aliphatic rings. The van der Waals surface area contributed by atoms with Crippen LogP contribution in [0.3, 0.4) is 0 Å².